The Labute approximate surface area is 103 Å². The molecule has 1 aliphatic rings. The van der Waals surface area contributed by atoms with Crippen molar-refractivity contribution in [2.45, 2.75) is 37.6 Å². The Morgan fingerprint density at radius 1 is 1.35 bits per heavy atom. The number of ether oxygens (including phenoxy) is 1. The molecule has 1 amide bonds. The third kappa shape index (κ3) is 5.02. The highest BCUT2D eigenvalue weighted by molar-refractivity contribution is 5.78. The second kappa shape index (κ2) is 7.63. The highest BCUT2D eigenvalue weighted by atomic mass is 16.5. The molecule has 5 nitrogen and oxygen atoms in total. The molecule has 0 aromatic heterocycles. The average molecular weight is 244 g/mol. The second-order valence-electron chi connectivity index (χ2n) is 4.70. The van der Waals surface area contributed by atoms with Gasteiger partial charge in [0.2, 0.25) is 5.91 Å². The number of hydrogen-bond donors (Lipinski definition) is 3. The van der Waals surface area contributed by atoms with Crippen molar-refractivity contribution < 1.29 is 14.6 Å². The van der Waals surface area contributed by atoms with E-state index in [1.54, 1.807) is 7.11 Å². The van der Waals surface area contributed by atoms with Crippen molar-refractivity contribution in [2.75, 3.05) is 33.4 Å². The van der Waals surface area contributed by atoms with Crippen LogP contribution in [0, 0.1) is 0 Å². The summed E-state index contributed by atoms with van der Waals surface area (Å²) in [6.45, 7) is 1.43. The van der Waals surface area contributed by atoms with Crippen LogP contribution >= 0.6 is 0 Å². The summed E-state index contributed by atoms with van der Waals surface area (Å²) in [5.74, 6) is -0.0413. The highest BCUT2D eigenvalue weighted by Gasteiger charge is 2.30. The summed E-state index contributed by atoms with van der Waals surface area (Å²) in [5, 5.41) is 15.4. The van der Waals surface area contributed by atoms with Crippen LogP contribution < -0.4 is 10.6 Å². The molecule has 0 atom stereocenters. The SMILES string of the molecule is COCCNC(=O)CNC1(CO)CCCCC1. The maximum atomic E-state index is 11.5. The number of hydrogen-bond acceptors (Lipinski definition) is 4. The minimum Gasteiger partial charge on any atom is -0.394 e. The number of carbonyl (C=O) groups is 1. The average Bonchev–Trinajstić information content (AvgIpc) is 2.38. The topological polar surface area (TPSA) is 70.6 Å². The van der Waals surface area contributed by atoms with E-state index in [4.69, 9.17) is 4.74 Å². The fourth-order valence-corrected chi connectivity index (χ4v) is 2.24. The molecule has 0 unspecified atom stereocenters. The van der Waals surface area contributed by atoms with E-state index in [0.717, 1.165) is 25.7 Å². The van der Waals surface area contributed by atoms with Gasteiger partial charge in [-0.1, -0.05) is 19.3 Å². The Hall–Kier alpha value is -0.650. The number of nitrogens with one attached hydrogen (secondary N) is 2. The Bertz CT molecular complexity index is 228. The molecule has 3 N–H and O–H groups in total. The number of carbonyl (C=O) groups excluding carboxylic acids is 1. The molecule has 0 aliphatic heterocycles. The fraction of sp³-hybridized carbons (Fsp3) is 0.917. The number of rotatable bonds is 7. The molecule has 1 rings (SSSR count). The van der Waals surface area contributed by atoms with Crippen LogP contribution in [0.3, 0.4) is 0 Å². The van der Waals surface area contributed by atoms with Gasteiger partial charge in [0.15, 0.2) is 0 Å². The molecule has 100 valence electrons. The van der Waals surface area contributed by atoms with Crippen LogP contribution in [0.25, 0.3) is 0 Å². The first kappa shape index (κ1) is 14.4. The third-order valence-corrected chi connectivity index (χ3v) is 3.37. The first-order chi connectivity index (χ1) is 8.22. The fourth-order valence-electron chi connectivity index (χ4n) is 2.24. The predicted octanol–water partition coefficient (Wildman–Crippen LogP) is 0.0338. The van der Waals surface area contributed by atoms with Gasteiger partial charge in [-0.15, -0.1) is 0 Å². The van der Waals surface area contributed by atoms with E-state index < -0.39 is 0 Å². The van der Waals surface area contributed by atoms with Gasteiger partial charge >= 0.3 is 0 Å². The summed E-state index contributed by atoms with van der Waals surface area (Å²) in [6, 6.07) is 0. The largest absolute Gasteiger partial charge is 0.394 e. The Morgan fingerprint density at radius 2 is 2.06 bits per heavy atom. The van der Waals surface area contributed by atoms with Crippen LogP contribution in [0.1, 0.15) is 32.1 Å². The molecule has 0 radical (unpaired) electrons. The molecule has 1 saturated carbocycles. The Balaban J connectivity index is 2.24. The molecule has 0 aromatic carbocycles. The normalized spacial score (nSPS) is 18.9. The molecule has 0 heterocycles. The Morgan fingerprint density at radius 3 is 2.65 bits per heavy atom. The zero-order valence-corrected chi connectivity index (χ0v) is 10.6. The monoisotopic (exact) mass is 244 g/mol. The summed E-state index contributed by atoms with van der Waals surface area (Å²) >= 11 is 0. The van der Waals surface area contributed by atoms with Gasteiger partial charge in [-0.2, -0.15) is 0 Å². The van der Waals surface area contributed by atoms with Crippen molar-refractivity contribution in [3.8, 4) is 0 Å². The molecule has 0 saturated heterocycles. The molecule has 0 bridgehead atoms. The quantitative estimate of drug-likeness (QED) is 0.553. The molecule has 0 aromatic rings. The lowest BCUT2D eigenvalue weighted by molar-refractivity contribution is -0.121. The van der Waals surface area contributed by atoms with Crippen LogP contribution in [-0.2, 0) is 9.53 Å². The van der Waals surface area contributed by atoms with Gasteiger partial charge in [0.05, 0.1) is 19.8 Å². The van der Waals surface area contributed by atoms with Crippen molar-refractivity contribution in [1.29, 1.82) is 0 Å². The first-order valence-electron chi connectivity index (χ1n) is 6.34. The number of aliphatic hydroxyl groups excluding tert-OH is 1. The van der Waals surface area contributed by atoms with Gasteiger partial charge in [-0.25, -0.2) is 0 Å². The van der Waals surface area contributed by atoms with E-state index in [1.165, 1.54) is 6.42 Å². The summed E-state index contributed by atoms with van der Waals surface area (Å²) in [4.78, 5) is 11.5. The number of aliphatic hydroxyl groups is 1. The van der Waals surface area contributed by atoms with E-state index in [9.17, 15) is 9.90 Å². The maximum Gasteiger partial charge on any atom is 0.234 e. The summed E-state index contributed by atoms with van der Waals surface area (Å²) in [6.07, 6.45) is 5.38. The molecule has 1 fully saturated rings. The minimum absolute atomic E-state index is 0.0413. The maximum absolute atomic E-state index is 11.5. The van der Waals surface area contributed by atoms with Gasteiger partial charge in [-0.3, -0.25) is 4.79 Å². The minimum atomic E-state index is -0.239. The zero-order valence-electron chi connectivity index (χ0n) is 10.6. The van der Waals surface area contributed by atoms with Gasteiger partial charge in [0.1, 0.15) is 0 Å². The van der Waals surface area contributed by atoms with E-state index in [2.05, 4.69) is 10.6 Å². The molecular formula is C12H24N2O3. The lowest BCUT2D eigenvalue weighted by Gasteiger charge is -2.36. The molecule has 1 aliphatic carbocycles. The van der Waals surface area contributed by atoms with Crippen molar-refractivity contribution in [3.63, 3.8) is 0 Å². The molecule has 0 spiro atoms. The van der Waals surface area contributed by atoms with Gasteiger partial charge < -0.3 is 20.5 Å². The zero-order chi connectivity index (χ0) is 12.6. The molecule has 5 heteroatoms. The lowest BCUT2D eigenvalue weighted by Crippen LogP contribution is -2.53. The van der Waals surface area contributed by atoms with Crippen LogP contribution in [0.5, 0.6) is 0 Å². The van der Waals surface area contributed by atoms with Crippen LogP contribution in [0.2, 0.25) is 0 Å². The van der Waals surface area contributed by atoms with Gasteiger partial charge in [0.25, 0.3) is 0 Å². The van der Waals surface area contributed by atoms with Crippen LogP contribution in [0.15, 0.2) is 0 Å². The third-order valence-electron chi connectivity index (χ3n) is 3.37. The lowest BCUT2D eigenvalue weighted by atomic mass is 9.82. The highest BCUT2D eigenvalue weighted by Crippen LogP contribution is 2.27. The van der Waals surface area contributed by atoms with Crippen molar-refractivity contribution in [1.82, 2.24) is 10.6 Å². The second-order valence-corrected chi connectivity index (χ2v) is 4.70. The van der Waals surface area contributed by atoms with Gasteiger partial charge in [-0.05, 0) is 12.8 Å². The number of amides is 1. The summed E-state index contributed by atoms with van der Waals surface area (Å²) < 4.78 is 4.85. The van der Waals surface area contributed by atoms with Crippen molar-refractivity contribution in [3.05, 3.63) is 0 Å². The number of methoxy groups -OCH3 is 1. The van der Waals surface area contributed by atoms with Gasteiger partial charge in [0, 0.05) is 19.2 Å². The molecule has 17 heavy (non-hydrogen) atoms. The first-order valence-corrected chi connectivity index (χ1v) is 6.34. The smallest absolute Gasteiger partial charge is 0.234 e. The van der Waals surface area contributed by atoms with Crippen LogP contribution in [-0.4, -0.2) is 50.0 Å². The van der Waals surface area contributed by atoms with E-state index in [1.807, 2.05) is 0 Å². The standard InChI is InChI=1S/C12H24N2O3/c1-17-8-7-13-11(16)9-14-12(10-15)5-3-2-4-6-12/h14-15H,2-10H2,1H3,(H,13,16). The van der Waals surface area contributed by atoms with E-state index >= 15 is 0 Å². The van der Waals surface area contributed by atoms with Crippen LogP contribution in [0.4, 0.5) is 0 Å². The summed E-state index contributed by atoms with van der Waals surface area (Å²) in [7, 11) is 1.60. The van der Waals surface area contributed by atoms with E-state index in [-0.39, 0.29) is 24.6 Å². The van der Waals surface area contributed by atoms with E-state index in [0.29, 0.717) is 13.2 Å². The van der Waals surface area contributed by atoms with Crippen molar-refractivity contribution >= 4 is 5.91 Å². The Kier molecular flexibility index (Phi) is 6.47. The summed E-state index contributed by atoms with van der Waals surface area (Å²) in [5.41, 5.74) is -0.239. The molecular weight excluding hydrogens is 220 g/mol. The van der Waals surface area contributed by atoms with Crippen molar-refractivity contribution in [2.24, 2.45) is 0 Å². The predicted molar refractivity (Wildman–Crippen MR) is 65.8 cm³/mol.